The van der Waals surface area contributed by atoms with Gasteiger partial charge in [-0.3, -0.25) is 20.0 Å². The highest BCUT2D eigenvalue weighted by Crippen LogP contribution is 2.44. The standard InChI is InChI=1S/C18H18N6O4/c1-28-17-15(14(24(26)27)8-12(16(17)19)18(20)25)11(13-9-21-23-22-13)7-10-5-3-2-4-6-10/h2-6,8-9,11H,7,19H2,1H3,(H2,20,25)(H,21,22,23). The van der Waals surface area contributed by atoms with Crippen molar-refractivity contribution < 1.29 is 14.5 Å². The predicted octanol–water partition coefficient (Wildman–Crippen LogP) is 1.78. The number of nitrogens with one attached hydrogen (secondary N) is 1. The molecule has 1 unspecified atom stereocenters. The van der Waals surface area contributed by atoms with Gasteiger partial charge in [0.15, 0.2) is 5.75 Å². The first-order chi connectivity index (χ1) is 13.4. The molecule has 0 spiro atoms. The zero-order valence-corrected chi connectivity index (χ0v) is 15.0. The predicted molar refractivity (Wildman–Crippen MR) is 101 cm³/mol. The maximum Gasteiger partial charge on any atom is 0.277 e. The van der Waals surface area contributed by atoms with Gasteiger partial charge in [0.05, 0.1) is 34.5 Å². The molecule has 3 aromatic rings. The van der Waals surface area contributed by atoms with Crippen molar-refractivity contribution in [2.24, 2.45) is 5.73 Å². The van der Waals surface area contributed by atoms with Crippen LogP contribution in [0, 0.1) is 10.1 Å². The minimum Gasteiger partial charge on any atom is -0.494 e. The number of anilines is 1. The zero-order chi connectivity index (χ0) is 20.3. The van der Waals surface area contributed by atoms with Crippen LogP contribution >= 0.6 is 0 Å². The fourth-order valence-electron chi connectivity index (χ4n) is 3.17. The molecule has 0 aliphatic carbocycles. The molecular formula is C18H18N6O4. The number of nitro groups is 1. The SMILES string of the molecule is COc1c(N)c(C(N)=O)cc([N+](=O)[O-])c1C(Cc1ccccc1)c1c[nH]nn1. The van der Waals surface area contributed by atoms with Gasteiger partial charge < -0.3 is 16.2 Å². The molecule has 0 fully saturated rings. The summed E-state index contributed by atoms with van der Waals surface area (Å²) in [5.41, 5.74) is 12.4. The van der Waals surface area contributed by atoms with Crippen molar-refractivity contribution in [3.8, 4) is 5.75 Å². The summed E-state index contributed by atoms with van der Waals surface area (Å²) in [6, 6.07) is 10.5. The van der Waals surface area contributed by atoms with Gasteiger partial charge >= 0.3 is 0 Å². The molecule has 0 aliphatic heterocycles. The molecule has 1 heterocycles. The number of amides is 1. The van der Waals surface area contributed by atoms with Crippen molar-refractivity contribution in [2.45, 2.75) is 12.3 Å². The second-order valence-corrected chi connectivity index (χ2v) is 6.07. The molecule has 0 aliphatic rings. The molecule has 10 nitrogen and oxygen atoms in total. The van der Waals surface area contributed by atoms with E-state index in [1.807, 2.05) is 30.3 Å². The van der Waals surface area contributed by atoms with Crippen LogP contribution in [0.15, 0.2) is 42.6 Å². The molecule has 0 saturated carbocycles. The number of hydrogen-bond donors (Lipinski definition) is 3. The fourth-order valence-corrected chi connectivity index (χ4v) is 3.17. The second-order valence-electron chi connectivity index (χ2n) is 6.07. The van der Waals surface area contributed by atoms with E-state index >= 15 is 0 Å². The molecule has 144 valence electrons. The number of rotatable bonds is 7. The number of ether oxygens (including phenoxy) is 1. The van der Waals surface area contributed by atoms with Crippen LogP contribution in [0.4, 0.5) is 11.4 Å². The number of primary amides is 1. The smallest absolute Gasteiger partial charge is 0.277 e. The number of benzene rings is 2. The number of nitrogens with two attached hydrogens (primary N) is 2. The van der Waals surface area contributed by atoms with Gasteiger partial charge in [0.25, 0.3) is 11.6 Å². The molecule has 1 amide bonds. The van der Waals surface area contributed by atoms with Crippen LogP contribution in [0.3, 0.4) is 0 Å². The molecule has 2 aromatic carbocycles. The minimum absolute atomic E-state index is 0.0203. The first-order valence-corrected chi connectivity index (χ1v) is 8.28. The van der Waals surface area contributed by atoms with E-state index in [2.05, 4.69) is 15.4 Å². The Hall–Kier alpha value is -3.95. The average molecular weight is 382 g/mol. The monoisotopic (exact) mass is 382 g/mol. The van der Waals surface area contributed by atoms with E-state index < -0.39 is 16.7 Å². The molecule has 5 N–H and O–H groups in total. The molecule has 28 heavy (non-hydrogen) atoms. The number of nitro benzene ring substituents is 1. The Morgan fingerprint density at radius 3 is 2.61 bits per heavy atom. The maximum atomic E-state index is 11.8. The molecule has 0 saturated heterocycles. The quantitative estimate of drug-likeness (QED) is 0.318. The number of carbonyl (C=O) groups excluding carboxylic acids is 1. The summed E-state index contributed by atoms with van der Waals surface area (Å²) < 4.78 is 5.38. The van der Waals surface area contributed by atoms with E-state index in [1.54, 1.807) is 6.20 Å². The summed E-state index contributed by atoms with van der Waals surface area (Å²) in [4.78, 5) is 22.9. The molecule has 1 aromatic heterocycles. The van der Waals surface area contributed by atoms with Gasteiger partial charge in [-0.1, -0.05) is 35.5 Å². The summed E-state index contributed by atoms with van der Waals surface area (Å²) in [6.45, 7) is 0. The second kappa shape index (κ2) is 7.74. The van der Waals surface area contributed by atoms with Crippen molar-refractivity contribution in [1.82, 2.24) is 15.4 Å². The Balaban J connectivity index is 2.28. The van der Waals surface area contributed by atoms with E-state index in [1.165, 1.54) is 7.11 Å². The van der Waals surface area contributed by atoms with Crippen molar-refractivity contribution >= 4 is 17.3 Å². The van der Waals surface area contributed by atoms with Crippen LogP contribution in [0.2, 0.25) is 0 Å². The Morgan fingerprint density at radius 1 is 1.36 bits per heavy atom. The third-order valence-electron chi connectivity index (χ3n) is 4.43. The van der Waals surface area contributed by atoms with Gasteiger partial charge in [0.1, 0.15) is 0 Å². The highest BCUT2D eigenvalue weighted by molar-refractivity contribution is 6.00. The summed E-state index contributed by atoms with van der Waals surface area (Å²) in [5, 5.41) is 22.2. The third kappa shape index (κ3) is 3.47. The van der Waals surface area contributed by atoms with Gasteiger partial charge in [-0.05, 0) is 12.0 Å². The lowest BCUT2D eigenvalue weighted by Crippen LogP contribution is -2.18. The van der Waals surface area contributed by atoms with Gasteiger partial charge in [-0.15, -0.1) is 5.10 Å². The third-order valence-corrected chi connectivity index (χ3v) is 4.43. The Morgan fingerprint density at radius 2 is 2.07 bits per heavy atom. The van der Waals surface area contributed by atoms with Crippen molar-refractivity contribution in [1.29, 1.82) is 0 Å². The lowest BCUT2D eigenvalue weighted by atomic mass is 9.86. The Labute approximate surface area is 159 Å². The van der Waals surface area contributed by atoms with E-state index in [9.17, 15) is 14.9 Å². The normalized spacial score (nSPS) is 11.8. The molecular weight excluding hydrogens is 364 g/mol. The van der Waals surface area contributed by atoms with Crippen LogP contribution in [0.5, 0.6) is 5.75 Å². The number of nitrogens with zero attached hydrogens (tertiary/aromatic N) is 3. The maximum absolute atomic E-state index is 11.8. The van der Waals surface area contributed by atoms with E-state index in [4.69, 9.17) is 16.2 Å². The van der Waals surface area contributed by atoms with Gasteiger partial charge in [0, 0.05) is 18.2 Å². The lowest BCUT2D eigenvalue weighted by Gasteiger charge is -2.20. The van der Waals surface area contributed by atoms with E-state index in [-0.39, 0.29) is 28.3 Å². The number of carbonyl (C=O) groups is 1. The Kier molecular flexibility index (Phi) is 5.21. The van der Waals surface area contributed by atoms with E-state index in [0.717, 1.165) is 11.6 Å². The summed E-state index contributed by atoms with van der Waals surface area (Å²) in [6.07, 6.45) is 1.93. The largest absolute Gasteiger partial charge is 0.494 e. The summed E-state index contributed by atoms with van der Waals surface area (Å²) >= 11 is 0. The number of methoxy groups -OCH3 is 1. The molecule has 10 heteroatoms. The van der Waals surface area contributed by atoms with Crippen LogP contribution in [-0.4, -0.2) is 33.4 Å². The lowest BCUT2D eigenvalue weighted by molar-refractivity contribution is -0.385. The zero-order valence-electron chi connectivity index (χ0n) is 15.0. The highest BCUT2D eigenvalue weighted by atomic mass is 16.6. The number of nitrogen functional groups attached to an aromatic ring is 1. The van der Waals surface area contributed by atoms with Crippen LogP contribution in [-0.2, 0) is 6.42 Å². The van der Waals surface area contributed by atoms with E-state index in [0.29, 0.717) is 12.1 Å². The summed E-state index contributed by atoms with van der Waals surface area (Å²) in [7, 11) is 1.33. The number of aromatic nitrogens is 3. The molecule has 3 rings (SSSR count). The first kappa shape index (κ1) is 18.8. The number of aromatic amines is 1. The molecule has 1 atom stereocenters. The van der Waals surface area contributed by atoms with Gasteiger partial charge in [0.2, 0.25) is 0 Å². The van der Waals surface area contributed by atoms with Gasteiger partial charge in [-0.25, -0.2) is 0 Å². The van der Waals surface area contributed by atoms with Crippen LogP contribution in [0.25, 0.3) is 0 Å². The van der Waals surface area contributed by atoms with Crippen LogP contribution < -0.4 is 16.2 Å². The van der Waals surface area contributed by atoms with Crippen molar-refractivity contribution in [3.05, 3.63) is 75.1 Å². The minimum atomic E-state index is -0.883. The summed E-state index contributed by atoms with van der Waals surface area (Å²) in [5.74, 6) is -1.46. The Bertz CT molecular complexity index is 1000. The van der Waals surface area contributed by atoms with Crippen molar-refractivity contribution in [2.75, 3.05) is 12.8 Å². The van der Waals surface area contributed by atoms with Crippen molar-refractivity contribution in [3.63, 3.8) is 0 Å². The van der Waals surface area contributed by atoms with Crippen LogP contribution in [0.1, 0.15) is 33.1 Å². The highest BCUT2D eigenvalue weighted by Gasteiger charge is 2.33. The average Bonchev–Trinajstić information content (AvgIpc) is 3.20. The van der Waals surface area contributed by atoms with Gasteiger partial charge in [-0.2, -0.15) is 0 Å². The number of H-pyrrole nitrogens is 1. The number of hydrogen-bond acceptors (Lipinski definition) is 7. The first-order valence-electron chi connectivity index (χ1n) is 8.28. The topological polar surface area (TPSA) is 163 Å². The molecule has 0 bridgehead atoms. The fraction of sp³-hybridized carbons (Fsp3) is 0.167. The molecule has 0 radical (unpaired) electrons.